The zero-order valence-electron chi connectivity index (χ0n) is 31.2. The molecule has 0 aromatic carbocycles. The van der Waals surface area contributed by atoms with Crippen LogP contribution in [0.5, 0.6) is 0 Å². The van der Waals surface area contributed by atoms with E-state index in [0.717, 1.165) is 51.4 Å². The fourth-order valence-corrected chi connectivity index (χ4v) is 6.61. The van der Waals surface area contributed by atoms with Crippen molar-refractivity contribution in [1.29, 1.82) is 0 Å². The molecule has 278 valence electrons. The Labute approximate surface area is 415 Å². The number of aliphatic hydroxyl groups excluding tert-OH is 3. The van der Waals surface area contributed by atoms with Gasteiger partial charge in [0.25, 0.3) is 7.82 Å². The SMILES string of the molecule is CCCCCCCC(=O)OC[C@H](COP(=O)([O-])OC1[C@H](O)[C@H](OP(=O)([O-])[O-])C(O)[C@H](OP(=O)([O-])[O-])[C@H]1O)OC(=O)CCCCCCC.[Na+].[Na+].[Na+].[Na+].[Na+]. The third-order valence-corrected chi connectivity index (χ3v) is 8.86. The molecule has 0 spiro atoms. The molecule has 1 rings (SSSR count). The van der Waals surface area contributed by atoms with Gasteiger partial charge in [-0.15, -0.1) is 0 Å². The molecule has 1 aliphatic rings. The van der Waals surface area contributed by atoms with E-state index < -0.39 is 91.3 Å². The maximum atomic E-state index is 12.7. The van der Waals surface area contributed by atoms with Crippen molar-refractivity contribution in [3.05, 3.63) is 0 Å². The quantitative estimate of drug-likeness (QED) is 0.0351. The second-order valence-electron chi connectivity index (χ2n) is 10.9. The summed E-state index contributed by atoms with van der Waals surface area (Å²) in [5.41, 5.74) is 0. The molecule has 3 N–H and O–H groups in total. The number of unbranched alkanes of at least 4 members (excludes halogenated alkanes) is 8. The predicted octanol–water partition coefficient (Wildman–Crippen LogP) is -16.4. The molecule has 1 fully saturated rings. The van der Waals surface area contributed by atoms with Gasteiger partial charge in [0, 0.05) is 12.8 Å². The molecule has 0 aromatic heterocycles. The van der Waals surface area contributed by atoms with Crippen LogP contribution >= 0.6 is 23.5 Å². The van der Waals surface area contributed by atoms with Gasteiger partial charge in [-0.05, 0) is 12.8 Å². The molecule has 3 unspecified atom stereocenters. The van der Waals surface area contributed by atoms with Crippen molar-refractivity contribution in [2.75, 3.05) is 13.2 Å². The number of phosphoric acid groups is 3. The monoisotopic (exact) mass is 856 g/mol. The Morgan fingerprint density at radius 2 is 0.942 bits per heavy atom. The van der Waals surface area contributed by atoms with Crippen LogP contribution in [0.4, 0.5) is 0 Å². The minimum atomic E-state index is -6.07. The first-order valence-corrected chi connectivity index (χ1v) is 19.6. The number of hydrogen-bond donors (Lipinski definition) is 3. The number of rotatable bonds is 24. The summed E-state index contributed by atoms with van der Waals surface area (Å²) < 4.78 is 62.5. The molecule has 0 aliphatic heterocycles. The van der Waals surface area contributed by atoms with E-state index in [1.54, 1.807) is 0 Å². The molecule has 0 radical (unpaired) electrons. The number of esters is 2. The number of carbonyl (C=O) groups is 2. The molecule has 8 atom stereocenters. The second kappa shape index (κ2) is 33.8. The normalized spacial score (nSPS) is 23.1. The average Bonchev–Trinajstić information content (AvgIpc) is 2.96. The van der Waals surface area contributed by atoms with Crippen molar-refractivity contribution in [1.82, 2.24) is 0 Å². The van der Waals surface area contributed by atoms with Crippen LogP contribution in [0.25, 0.3) is 0 Å². The van der Waals surface area contributed by atoms with Crippen LogP contribution in [0.3, 0.4) is 0 Å². The van der Waals surface area contributed by atoms with Crippen molar-refractivity contribution in [2.24, 2.45) is 0 Å². The molecule has 0 bridgehead atoms. The molecule has 0 amide bonds. The number of carbonyl (C=O) groups excluding carboxylic acids is 2. The number of phosphoric ester groups is 3. The van der Waals surface area contributed by atoms with Gasteiger partial charge in [0.1, 0.15) is 43.2 Å². The van der Waals surface area contributed by atoms with Crippen molar-refractivity contribution in [3.63, 3.8) is 0 Å². The smallest absolute Gasteiger partial charge is 0.790 e. The van der Waals surface area contributed by atoms with Crippen LogP contribution in [0.1, 0.15) is 90.9 Å². The van der Waals surface area contributed by atoms with E-state index in [-0.39, 0.29) is 161 Å². The van der Waals surface area contributed by atoms with Gasteiger partial charge >= 0.3 is 160 Å². The Hall–Kier alpha value is 4.15. The third kappa shape index (κ3) is 29.4. The van der Waals surface area contributed by atoms with Gasteiger partial charge < -0.3 is 76.5 Å². The van der Waals surface area contributed by atoms with E-state index in [0.29, 0.717) is 12.8 Å². The maximum absolute atomic E-state index is 12.7. The van der Waals surface area contributed by atoms with Gasteiger partial charge in [-0.3, -0.25) is 14.2 Å². The summed E-state index contributed by atoms with van der Waals surface area (Å²) in [6.45, 7) is 2.38. The Bertz CT molecular complexity index is 1070. The Kier molecular flexibility index (Phi) is 42.5. The Morgan fingerprint density at radius 3 is 1.33 bits per heavy atom. The Balaban J connectivity index is -0.00000147. The van der Waals surface area contributed by atoms with E-state index in [1.807, 2.05) is 13.8 Å². The summed E-state index contributed by atoms with van der Waals surface area (Å²) in [6, 6.07) is 0. The molecule has 1 aliphatic carbocycles. The van der Waals surface area contributed by atoms with E-state index in [1.165, 1.54) is 0 Å². The first-order valence-electron chi connectivity index (χ1n) is 15.2. The van der Waals surface area contributed by atoms with Crippen LogP contribution in [0.2, 0.25) is 0 Å². The van der Waals surface area contributed by atoms with E-state index in [2.05, 4.69) is 13.6 Å². The molecule has 0 saturated heterocycles. The number of ether oxygens (including phenoxy) is 2. The summed E-state index contributed by atoms with van der Waals surface area (Å²) in [6.07, 6.45) is -9.30. The van der Waals surface area contributed by atoms with Gasteiger partial charge in [0.2, 0.25) is 0 Å². The summed E-state index contributed by atoms with van der Waals surface area (Å²) in [5, 5.41) is 31.0. The molecular formula is C25H44Na5O19P3. The molecule has 0 aromatic rings. The van der Waals surface area contributed by atoms with Gasteiger partial charge in [0.15, 0.2) is 6.10 Å². The zero-order valence-corrected chi connectivity index (χ0v) is 43.8. The largest absolute Gasteiger partial charge is 1.00 e. The second-order valence-corrected chi connectivity index (χ2v) is 14.5. The zero-order chi connectivity index (χ0) is 35.8. The van der Waals surface area contributed by atoms with Gasteiger partial charge in [0.05, 0.1) is 22.3 Å². The van der Waals surface area contributed by atoms with Crippen molar-refractivity contribution in [3.8, 4) is 0 Å². The third-order valence-electron chi connectivity index (χ3n) is 6.89. The maximum Gasteiger partial charge on any atom is 1.00 e. The molecule has 1 saturated carbocycles. The minimum absolute atomic E-state index is 0. The molecule has 52 heavy (non-hydrogen) atoms. The van der Waals surface area contributed by atoms with Crippen molar-refractivity contribution in [2.45, 2.75) is 134 Å². The fraction of sp³-hybridized carbons (Fsp3) is 0.920. The van der Waals surface area contributed by atoms with E-state index in [9.17, 15) is 63.1 Å². The van der Waals surface area contributed by atoms with Gasteiger partial charge in [-0.25, -0.2) is 0 Å². The predicted molar refractivity (Wildman–Crippen MR) is 149 cm³/mol. The summed E-state index contributed by atoms with van der Waals surface area (Å²) in [5.74, 6) is -1.42. The van der Waals surface area contributed by atoms with Crippen molar-refractivity contribution >= 4 is 35.4 Å². The first kappa shape index (κ1) is 65.3. The summed E-state index contributed by atoms with van der Waals surface area (Å²) in [7, 11) is -17.9. The molecular weight excluding hydrogens is 812 g/mol. The average molecular weight is 856 g/mol. The fourth-order valence-electron chi connectivity index (χ4n) is 4.56. The molecule has 19 nitrogen and oxygen atoms in total. The number of hydrogen-bond acceptors (Lipinski definition) is 19. The van der Waals surface area contributed by atoms with Gasteiger partial charge in [-0.2, -0.15) is 0 Å². The first-order chi connectivity index (χ1) is 21.8. The van der Waals surface area contributed by atoms with Crippen molar-refractivity contribution < 1.29 is 238 Å². The van der Waals surface area contributed by atoms with Crippen LogP contribution in [-0.2, 0) is 50.9 Å². The molecule has 27 heteroatoms. The summed E-state index contributed by atoms with van der Waals surface area (Å²) in [4.78, 5) is 81.8. The number of aliphatic hydroxyl groups is 3. The summed E-state index contributed by atoms with van der Waals surface area (Å²) >= 11 is 0. The van der Waals surface area contributed by atoms with E-state index in [4.69, 9.17) is 14.0 Å². The van der Waals surface area contributed by atoms with E-state index >= 15 is 0 Å². The Morgan fingerprint density at radius 1 is 0.577 bits per heavy atom. The standard InChI is InChI=1S/C25H49O19P3.5Na/c1-3-5-7-9-11-13-18(26)39-15-17(41-19(27)14-12-10-8-6-4-2)16-40-47(37,38)44-25-21(29)23(42-45(31,32)33)20(28)24(22(25)30)43-46(34,35)36;;;;;/h17,20-25,28-30H,3-16H2,1-2H3,(H,37,38)(H2,31,32,33)(H2,34,35,36);;;;;/q;5*+1/p-5/t17-,20?,21-,22-,23-,24+,25?;;;;;/m1...../s1. The molecule has 0 heterocycles. The van der Waals surface area contributed by atoms with Gasteiger partial charge in [-0.1, -0.05) is 65.2 Å². The minimum Gasteiger partial charge on any atom is -0.790 e. The van der Waals surface area contributed by atoms with Crippen LogP contribution in [0.15, 0.2) is 0 Å². The van der Waals surface area contributed by atoms with Crippen LogP contribution in [0, 0.1) is 0 Å². The topological polar surface area (TPSA) is 317 Å². The van der Waals surface area contributed by atoms with Crippen LogP contribution < -0.4 is 172 Å². The van der Waals surface area contributed by atoms with Crippen LogP contribution in [-0.4, -0.2) is 83.2 Å².